The van der Waals surface area contributed by atoms with Gasteiger partial charge in [0.05, 0.1) is 17.1 Å². The van der Waals surface area contributed by atoms with Crippen LogP contribution in [0.1, 0.15) is 68.5 Å². The molecule has 0 bridgehead atoms. The lowest BCUT2D eigenvalue weighted by Crippen LogP contribution is -2.35. The second-order valence-electron chi connectivity index (χ2n) is 9.32. The molecule has 0 spiro atoms. The molecule has 0 atom stereocenters. The molecule has 1 N–H and O–H groups in total. The zero-order valence-corrected chi connectivity index (χ0v) is 22.4. The molecule has 0 radical (unpaired) electrons. The van der Waals surface area contributed by atoms with Crippen LogP contribution < -0.4 is 5.32 Å². The van der Waals surface area contributed by atoms with Gasteiger partial charge in [0.1, 0.15) is 5.00 Å². The number of hydrogen-bond acceptors (Lipinski definition) is 6. The first-order valence-electron chi connectivity index (χ1n) is 12.7. The van der Waals surface area contributed by atoms with E-state index in [1.54, 1.807) is 6.92 Å². The fraction of sp³-hybridized carbons (Fsp3) is 0.357. The number of hydrogen-bond donors (Lipinski definition) is 1. The van der Waals surface area contributed by atoms with Crippen molar-refractivity contribution in [2.45, 2.75) is 56.9 Å². The predicted octanol–water partition coefficient (Wildman–Crippen LogP) is 5.19. The highest BCUT2D eigenvalue weighted by Gasteiger charge is 2.29. The van der Waals surface area contributed by atoms with Crippen LogP contribution in [0.4, 0.5) is 5.00 Å². The van der Waals surface area contributed by atoms with Gasteiger partial charge in [0.25, 0.3) is 5.91 Å². The third-order valence-corrected chi connectivity index (χ3v) is 10.0. The highest BCUT2D eigenvalue weighted by Crippen LogP contribution is 2.38. The van der Waals surface area contributed by atoms with E-state index in [-0.39, 0.29) is 11.5 Å². The van der Waals surface area contributed by atoms with Crippen molar-refractivity contribution in [1.29, 1.82) is 0 Å². The van der Waals surface area contributed by atoms with Gasteiger partial charge in [0.2, 0.25) is 10.0 Å². The van der Waals surface area contributed by atoms with Crippen LogP contribution in [0, 0.1) is 0 Å². The van der Waals surface area contributed by atoms with E-state index in [0.717, 1.165) is 48.1 Å². The molecule has 0 saturated carbocycles. The lowest BCUT2D eigenvalue weighted by molar-refractivity contribution is 0.0527. The molecule has 1 aliphatic heterocycles. The molecular formula is C28H30N2O5S2. The number of carbonyl (C=O) groups excluding carboxylic acids is 2. The summed E-state index contributed by atoms with van der Waals surface area (Å²) < 4.78 is 33.3. The van der Waals surface area contributed by atoms with E-state index < -0.39 is 21.9 Å². The average molecular weight is 539 g/mol. The Bertz CT molecular complexity index is 1430. The van der Waals surface area contributed by atoms with E-state index in [9.17, 15) is 18.0 Å². The Balaban J connectivity index is 1.35. The third kappa shape index (κ3) is 5.21. The van der Waals surface area contributed by atoms with Crippen LogP contribution in [0.2, 0.25) is 0 Å². The first-order valence-corrected chi connectivity index (χ1v) is 14.9. The Morgan fingerprint density at radius 3 is 2.46 bits per heavy atom. The van der Waals surface area contributed by atoms with Crippen molar-refractivity contribution in [3.63, 3.8) is 0 Å². The summed E-state index contributed by atoms with van der Waals surface area (Å²) in [5.74, 6) is -0.806. The molecule has 2 heterocycles. The fourth-order valence-electron chi connectivity index (χ4n) is 5.03. The molecule has 3 aromatic rings. The summed E-state index contributed by atoms with van der Waals surface area (Å²) in [6.07, 6.45) is 5.52. The summed E-state index contributed by atoms with van der Waals surface area (Å²) in [4.78, 5) is 27.2. The number of rotatable bonds is 6. The quantitative estimate of drug-likeness (QED) is 0.344. The van der Waals surface area contributed by atoms with Gasteiger partial charge in [-0.05, 0) is 80.0 Å². The molecule has 0 unspecified atom stereocenters. The number of carbonyl (C=O) groups is 2. The Kier molecular flexibility index (Phi) is 7.46. The molecule has 0 fully saturated rings. The summed E-state index contributed by atoms with van der Waals surface area (Å²) in [6, 6.07) is 13.9. The Labute approximate surface area is 221 Å². The minimum absolute atomic E-state index is 0.151. The van der Waals surface area contributed by atoms with Gasteiger partial charge in [-0.1, -0.05) is 30.7 Å². The van der Waals surface area contributed by atoms with Gasteiger partial charge < -0.3 is 10.1 Å². The molecule has 194 valence electrons. The molecule has 1 amide bonds. The maximum Gasteiger partial charge on any atom is 0.341 e. The van der Waals surface area contributed by atoms with Crippen molar-refractivity contribution >= 4 is 38.2 Å². The third-order valence-electron chi connectivity index (χ3n) is 6.98. The van der Waals surface area contributed by atoms with Crippen LogP contribution in [-0.4, -0.2) is 37.8 Å². The zero-order valence-electron chi connectivity index (χ0n) is 20.8. The van der Waals surface area contributed by atoms with Crippen molar-refractivity contribution in [3.8, 4) is 0 Å². The smallest absolute Gasteiger partial charge is 0.341 e. The second-order valence-corrected chi connectivity index (χ2v) is 12.4. The summed E-state index contributed by atoms with van der Waals surface area (Å²) in [5, 5.41) is 3.39. The van der Waals surface area contributed by atoms with E-state index >= 15 is 0 Å². The van der Waals surface area contributed by atoms with Gasteiger partial charge in [-0.3, -0.25) is 4.79 Å². The van der Waals surface area contributed by atoms with Crippen molar-refractivity contribution < 1.29 is 22.7 Å². The van der Waals surface area contributed by atoms with Crippen molar-refractivity contribution in [2.75, 3.05) is 18.5 Å². The van der Waals surface area contributed by atoms with Gasteiger partial charge in [-0.2, -0.15) is 4.31 Å². The number of ether oxygens (including phenoxy) is 1. The highest BCUT2D eigenvalue weighted by atomic mass is 32.2. The van der Waals surface area contributed by atoms with Gasteiger partial charge in [-0.25, -0.2) is 13.2 Å². The molecule has 2 aliphatic rings. The monoisotopic (exact) mass is 538 g/mol. The number of esters is 1. The molecule has 0 saturated heterocycles. The van der Waals surface area contributed by atoms with Crippen LogP contribution in [0.3, 0.4) is 0 Å². The van der Waals surface area contributed by atoms with Crippen LogP contribution in [-0.2, 0) is 40.6 Å². The maximum atomic E-state index is 13.3. The Morgan fingerprint density at radius 1 is 0.973 bits per heavy atom. The van der Waals surface area contributed by atoms with Crippen LogP contribution in [0.15, 0.2) is 53.4 Å². The lowest BCUT2D eigenvalue weighted by Gasteiger charge is -2.28. The molecule has 37 heavy (non-hydrogen) atoms. The Hall–Kier alpha value is -3.01. The summed E-state index contributed by atoms with van der Waals surface area (Å²) in [5.41, 5.74) is 3.96. The molecule has 9 heteroatoms. The zero-order chi connectivity index (χ0) is 26.0. The van der Waals surface area contributed by atoms with E-state index in [4.69, 9.17) is 4.74 Å². The number of benzene rings is 2. The van der Waals surface area contributed by atoms with Crippen LogP contribution in [0.5, 0.6) is 0 Å². The largest absolute Gasteiger partial charge is 0.462 e. The number of nitrogens with zero attached hydrogens (tertiary/aromatic N) is 1. The normalized spacial score (nSPS) is 15.8. The molecule has 5 rings (SSSR count). The van der Waals surface area contributed by atoms with Crippen LogP contribution >= 0.6 is 11.3 Å². The van der Waals surface area contributed by atoms with Gasteiger partial charge in [0.15, 0.2) is 0 Å². The summed E-state index contributed by atoms with van der Waals surface area (Å²) >= 11 is 1.44. The fourth-order valence-corrected chi connectivity index (χ4v) is 7.72. The van der Waals surface area contributed by atoms with E-state index in [1.807, 2.05) is 24.3 Å². The minimum atomic E-state index is -3.69. The lowest BCUT2D eigenvalue weighted by atomic mass is 10.0. The number of thiophene rings is 1. The number of sulfonamides is 1. The SMILES string of the molecule is CCOC(=O)c1c(NC(=O)c2ccc(S(=O)(=O)N3CCc4ccccc4C3)cc2)sc2c1CCCCC2. The van der Waals surface area contributed by atoms with Gasteiger partial charge in [-0.15, -0.1) is 11.3 Å². The predicted molar refractivity (Wildman–Crippen MR) is 144 cm³/mol. The second kappa shape index (κ2) is 10.8. The van der Waals surface area contributed by atoms with E-state index in [0.29, 0.717) is 35.6 Å². The number of nitrogens with one attached hydrogen (secondary N) is 1. The Morgan fingerprint density at radius 2 is 1.70 bits per heavy atom. The minimum Gasteiger partial charge on any atom is -0.462 e. The number of amides is 1. The molecular weight excluding hydrogens is 508 g/mol. The van der Waals surface area contributed by atoms with Crippen LogP contribution in [0.25, 0.3) is 0 Å². The number of anilines is 1. The standard InChI is InChI=1S/C28H30N2O5S2/c1-2-35-28(32)25-23-10-4-3-5-11-24(23)36-27(25)29-26(31)20-12-14-22(15-13-20)37(33,34)30-17-16-19-8-6-7-9-21(19)18-30/h6-9,12-15H,2-5,10-11,16-18H2,1H3,(H,29,31). The number of fused-ring (bicyclic) bond motifs is 2. The highest BCUT2D eigenvalue weighted by molar-refractivity contribution is 7.89. The summed E-state index contributed by atoms with van der Waals surface area (Å²) in [6.45, 7) is 2.77. The van der Waals surface area contributed by atoms with E-state index in [2.05, 4.69) is 5.32 Å². The first kappa shape index (κ1) is 25.6. The molecule has 1 aliphatic carbocycles. The van der Waals surface area contributed by atoms with Crippen molar-refractivity contribution in [1.82, 2.24) is 4.31 Å². The maximum absolute atomic E-state index is 13.3. The van der Waals surface area contributed by atoms with Gasteiger partial charge >= 0.3 is 5.97 Å². The van der Waals surface area contributed by atoms with Crippen molar-refractivity contribution in [3.05, 3.63) is 81.2 Å². The molecule has 7 nitrogen and oxygen atoms in total. The van der Waals surface area contributed by atoms with E-state index in [1.165, 1.54) is 45.5 Å². The number of aryl methyl sites for hydroxylation is 1. The summed E-state index contributed by atoms with van der Waals surface area (Å²) in [7, 11) is -3.69. The average Bonchev–Trinajstić information content (AvgIpc) is 3.08. The molecule has 1 aromatic heterocycles. The van der Waals surface area contributed by atoms with Crippen molar-refractivity contribution in [2.24, 2.45) is 0 Å². The molecule has 2 aromatic carbocycles. The topological polar surface area (TPSA) is 92.8 Å². The van der Waals surface area contributed by atoms with Gasteiger partial charge in [0, 0.05) is 23.5 Å². The first-order chi connectivity index (χ1) is 17.9.